The number of likely N-dealkylation sites (tertiary alicyclic amines) is 1. The quantitative estimate of drug-likeness (QED) is 0.648. The minimum absolute atomic E-state index is 0.0620. The van der Waals surface area contributed by atoms with E-state index in [1.165, 1.54) is 0 Å². The number of alkyl halides is 1. The highest BCUT2D eigenvalue weighted by Gasteiger charge is 2.25. The molecule has 0 aromatic heterocycles. The van der Waals surface area contributed by atoms with Crippen LogP contribution >= 0.6 is 15.9 Å². The lowest BCUT2D eigenvalue weighted by Crippen LogP contribution is -2.40. The van der Waals surface area contributed by atoms with Gasteiger partial charge in [0.15, 0.2) is 0 Å². The Balaban J connectivity index is 2.43. The third kappa shape index (κ3) is 2.17. The first-order chi connectivity index (χ1) is 5.11. The second-order valence-electron chi connectivity index (χ2n) is 2.96. The summed E-state index contributed by atoms with van der Waals surface area (Å²) in [5.74, 6) is 0.0620. The van der Waals surface area contributed by atoms with E-state index >= 15 is 0 Å². The van der Waals surface area contributed by atoms with Crippen molar-refractivity contribution < 1.29 is 4.79 Å². The van der Waals surface area contributed by atoms with Crippen LogP contribution in [0.2, 0.25) is 0 Å². The highest BCUT2D eigenvalue weighted by Crippen LogP contribution is 2.16. The van der Waals surface area contributed by atoms with Gasteiger partial charge >= 0.3 is 0 Å². The molecular weight excluding hydrogens is 208 g/mol. The van der Waals surface area contributed by atoms with Crippen molar-refractivity contribution in [3.63, 3.8) is 0 Å². The van der Waals surface area contributed by atoms with Crippen molar-refractivity contribution in [3.8, 4) is 0 Å². The Labute approximate surface area is 75.1 Å². The van der Waals surface area contributed by atoms with Crippen molar-refractivity contribution in [2.24, 2.45) is 5.73 Å². The van der Waals surface area contributed by atoms with E-state index in [2.05, 4.69) is 15.9 Å². The number of hydrogen-bond acceptors (Lipinski definition) is 2. The van der Waals surface area contributed by atoms with Crippen LogP contribution in [0, 0.1) is 0 Å². The van der Waals surface area contributed by atoms with E-state index < -0.39 is 0 Å². The third-order valence-corrected chi connectivity index (χ3v) is 2.58. The fourth-order valence-corrected chi connectivity index (χ4v) is 1.76. The summed E-state index contributed by atoms with van der Waals surface area (Å²) in [4.78, 5) is 13.5. The zero-order valence-corrected chi connectivity index (χ0v) is 8.17. The Hall–Kier alpha value is -0.0900. The van der Waals surface area contributed by atoms with Gasteiger partial charge in [0.05, 0.1) is 6.04 Å². The van der Waals surface area contributed by atoms with Crippen molar-refractivity contribution >= 4 is 21.8 Å². The molecule has 1 rings (SSSR count). The number of carbonyl (C=O) groups is 1. The molecule has 0 spiro atoms. The zero-order valence-electron chi connectivity index (χ0n) is 6.59. The molecule has 0 aromatic rings. The van der Waals surface area contributed by atoms with Crippen molar-refractivity contribution in [2.45, 2.75) is 24.2 Å². The highest BCUT2D eigenvalue weighted by atomic mass is 79.9. The Kier molecular flexibility index (Phi) is 2.90. The van der Waals surface area contributed by atoms with Gasteiger partial charge in [-0.15, -0.1) is 0 Å². The topological polar surface area (TPSA) is 46.3 Å². The summed E-state index contributed by atoms with van der Waals surface area (Å²) in [6, 6.07) is -0.354. The number of hydrogen-bond donors (Lipinski definition) is 1. The molecule has 11 heavy (non-hydrogen) atoms. The second kappa shape index (κ2) is 3.54. The van der Waals surface area contributed by atoms with Crippen LogP contribution in [-0.4, -0.2) is 34.8 Å². The second-order valence-corrected chi connectivity index (χ2v) is 4.25. The molecule has 1 heterocycles. The van der Waals surface area contributed by atoms with E-state index in [0.29, 0.717) is 4.83 Å². The van der Waals surface area contributed by atoms with Gasteiger partial charge in [-0.1, -0.05) is 15.9 Å². The third-order valence-electron chi connectivity index (χ3n) is 1.83. The molecule has 0 saturated carbocycles. The molecule has 0 aliphatic carbocycles. The minimum atomic E-state index is -0.354. The summed E-state index contributed by atoms with van der Waals surface area (Å²) in [5, 5.41) is 0. The molecule has 1 amide bonds. The maximum Gasteiger partial charge on any atom is 0.239 e. The van der Waals surface area contributed by atoms with Crippen LogP contribution in [0.25, 0.3) is 0 Å². The fourth-order valence-electron chi connectivity index (χ4n) is 1.21. The molecule has 3 nitrogen and oxygen atoms in total. The predicted octanol–water partition coefficient (Wildman–Crippen LogP) is 0.329. The standard InChI is InChI=1S/C7H13BrN2O/c1-5(9)7(11)10-3-2-6(8)4-10/h5-6H,2-4,9H2,1H3. The van der Waals surface area contributed by atoms with Gasteiger partial charge in [-0.05, 0) is 13.3 Å². The van der Waals surface area contributed by atoms with Crippen molar-refractivity contribution in [3.05, 3.63) is 0 Å². The Bertz CT molecular complexity index is 161. The molecule has 0 bridgehead atoms. The molecule has 2 unspecified atom stereocenters. The van der Waals surface area contributed by atoms with Gasteiger partial charge in [0.2, 0.25) is 5.91 Å². The van der Waals surface area contributed by atoms with E-state index in [4.69, 9.17) is 5.73 Å². The average molecular weight is 221 g/mol. The van der Waals surface area contributed by atoms with Crippen LogP contribution < -0.4 is 5.73 Å². The molecule has 4 heteroatoms. The monoisotopic (exact) mass is 220 g/mol. The number of amides is 1. The predicted molar refractivity (Wildman–Crippen MR) is 47.6 cm³/mol. The van der Waals surface area contributed by atoms with Gasteiger partial charge in [0, 0.05) is 17.9 Å². The number of halogens is 1. The summed E-state index contributed by atoms with van der Waals surface area (Å²) in [6.45, 7) is 3.38. The summed E-state index contributed by atoms with van der Waals surface area (Å²) in [7, 11) is 0. The first-order valence-electron chi connectivity index (χ1n) is 3.79. The Morgan fingerprint density at radius 1 is 1.82 bits per heavy atom. The van der Waals surface area contributed by atoms with Gasteiger partial charge in [-0.25, -0.2) is 0 Å². The van der Waals surface area contributed by atoms with E-state index in [0.717, 1.165) is 19.5 Å². The first kappa shape index (κ1) is 9.00. The normalized spacial score (nSPS) is 27.2. The maximum absolute atomic E-state index is 11.3. The summed E-state index contributed by atoms with van der Waals surface area (Å²) in [6.07, 6.45) is 1.04. The maximum atomic E-state index is 11.3. The molecule has 2 N–H and O–H groups in total. The van der Waals surface area contributed by atoms with Crippen molar-refractivity contribution in [2.75, 3.05) is 13.1 Å². The molecule has 1 aliphatic rings. The molecule has 0 aromatic carbocycles. The van der Waals surface area contributed by atoms with Crippen LogP contribution in [0.1, 0.15) is 13.3 Å². The lowest BCUT2D eigenvalue weighted by Gasteiger charge is -2.17. The Morgan fingerprint density at radius 3 is 2.82 bits per heavy atom. The summed E-state index contributed by atoms with van der Waals surface area (Å²) >= 11 is 3.46. The zero-order chi connectivity index (χ0) is 8.43. The summed E-state index contributed by atoms with van der Waals surface area (Å²) in [5.41, 5.74) is 5.45. The number of nitrogens with zero attached hydrogens (tertiary/aromatic N) is 1. The van der Waals surface area contributed by atoms with Gasteiger partial charge in [-0.2, -0.15) is 0 Å². The molecule has 1 aliphatic heterocycles. The fraction of sp³-hybridized carbons (Fsp3) is 0.857. The molecule has 1 saturated heterocycles. The highest BCUT2D eigenvalue weighted by molar-refractivity contribution is 9.09. The van der Waals surface area contributed by atoms with Crippen molar-refractivity contribution in [1.29, 1.82) is 0 Å². The lowest BCUT2D eigenvalue weighted by molar-refractivity contribution is -0.131. The van der Waals surface area contributed by atoms with Gasteiger partial charge in [0.25, 0.3) is 0 Å². The first-order valence-corrected chi connectivity index (χ1v) is 4.71. The van der Waals surface area contributed by atoms with Crippen molar-refractivity contribution in [1.82, 2.24) is 4.90 Å². The minimum Gasteiger partial charge on any atom is -0.340 e. The number of carbonyl (C=O) groups excluding carboxylic acids is 1. The van der Waals surface area contributed by atoms with Crippen LogP contribution in [-0.2, 0) is 4.79 Å². The number of rotatable bonds is 1. The van der Waals surface area contributed by atoms with E-state index in [9.17, 15) is 4.79 Å². The average Bonchev–Trinajstić information content (AvgIpc) is 2.34. The molecule has 0 radical (unpaired) electrons. The van der Waals surface area contributed by atoms with Crippen LogP contribution in [0.5, 0.6) is 0 Å². The number of nitrogens with two attached hydrogens (primary N) is 1. The molecule has 1 fully saturated rings. The van der Waals surface area contributed by atoms with Crippen LogP contribution in [0.4, 0.5) is 0 Å². The van der Waals surface area contributed by atoms with Gasteiger partial charge < -0.3 is 10.6 Å². The van der Waals surface area contributed by atoms with E-state index in [1.54, 1.807) is 6.92 Å². The van der Waals surface area contributed by atoms with Crippen LogP contribution in [0.15, 0.2) is 0 Å². The molecule has 64 valence electrons. The lowest BCUT2D eigenvalue weighted by atomic mass is 10.3. The SMILES string of the molecule is CC(N)C(=O)N1CCC(Br)C1. The largest absolute Gasteiger partial charge is 0.340 e. The van der Waals surface area contributed by atoms with Crippen LogP contribution in [0.3, 0.4) is 0 Å². The summed E-state index contributed by atoms with van der Waals surface area (Å²) < 4.78 is 0. The Morgan fingerprint density at radius 2 is 2.45 bits per heavy atom. The van der Waals surface area contributed by atoms with Gasteiger partial charge in [-0.3, -0.25) is 4.79 Å². The molecule has 2 atom stereocenters. The smallest absolute Gasteiger partial charge is 0.239 e. The van der Waals surface area contributed by atoms with E-state index in [-0.39, 0.29) is 11.9 Å². The van der Waals surface area contributed by atoms with E-state index in [1.807, 2.05) is 4.90 Å². The van der Waals surface area contributed by atoms with Gasteiger partial charge in [0.1, 0.15) is 0 Å². The molecular formula is C7H13BrN2O.